The molecule has 0 spiro atoms. The number of hydrogen-bond acceptors (Lipinski definition) is 6. The predicted octanol–water partition coefficient (Wildman–Crippen LogP) is 4.46. The summed E-state index contributed by atoms with van der Waals surface area (Å²) in [4.78, 5) is 13.0. The summed E-state index contributed by atoms with van der Waals surface area (Å²) in [5.74, 6) is 0.147. The summed E-state index contributed by atoms with van der Waals surface area (Å²) in [6.45, 7) is 3.45. The highest BCUT2D eigenvalue weighted by Crippen LogP contribution is 2.33. The van der Waals surface area contributed by atoms with E-state index in [0.717, 1.165) is 26.9 Å². The van der Waals surface area contributed by atoms with Gasteiger partial charge in [-0.3, -0.25) is 9.10 Å². The van der Waals surface area contributed by atoms with Crippen LogP contribution in [0, 0.1) is 13.8 Å². The fraction of sp³-hybridized carbons (Fsp3) is 0.172. The normalized spacial score (nSPS) is 11.4. The van der Waals surface area contributed by atoms with Crippen LogP contribution in [0.3, 0.4) is 0 Å². The van der Waals surface area contributed by atoms with Crippen LogP contribution in [-0.2, 0) is 14.8 Å². The number of aromatic nitrogens is 1. The van der Waals surface area contributed by atoms with Gasteiger partial charge in [0.1, 0.15) is 6.54 Å². The van der Waals surface area contributed by atoms with Gasteiger partial charge in [-0.15, -0.1) is 0 Å². The molecular formula is C29H30N4O5S. The number of nitrogens with one attached hydrogen (secondary N) is 1. The van der Waals surface area contributed by atoms with Crippen LogP contribution in [0.1, 0.15) is 17.0 Å². The topological polar surface area (TPSA) is 102 Å². The van der Waals surface area contributed by atoms with Crippen molar-refractivity contribution in [2.24, 2.45) is 5.10 Å². The maximum absolute atomic E-state index is 13.6. The second-order valence-electron chi connectivity index (χ2n) is 8.65. The van der Waals surface area contributed by atoms with Gasteiger partial charge in [0.15, 0.2) is 11.5 Å². The Morgan fingerprint density at radius 1 is 0.923 bits per heavy atom. The molecule has 4 rings (SSSR count). The first-order valence-electron chi connectivity index (χ1n) is 12.1. The molecule has 39 heavy (non-hydrogen) atoms. The van der Waals surface area contributed by atoms with Gasteiger partial charge in [0, 0.05) is 28.7 Å². The molecular weight excluding hydrogens is 516 g/mol. The van der Waals surface area contributed by atoms with Gasteiger partial charge < -0.3 is 14.0 Å². The molecule has 0 fully saturated rings. The molecule has 0 radical (unpaired) electrons. The maximum Gasteiger partial charge on any atom is 0.264 e. The standard InChI is InChI=1S/C29H30N4O5S/c1-21-17-23(22(2)33(21)24-11-7-5-8-12-24)19-30-31-29(34)20-32(39(35,36)26-13-9-6-10-14-26)25-15-16-27(37-3)28(18-25)38-4/h5-19H,20H2,1-4H3,(H,31,34)/b30-19-. The van der Waals surface area contributed by atoms with E-state index in [0.29, 0.717) is 11.5 Å². The highest BCUT2D eigenvalue weighted by atomic mass is 32.2. The first-order chi connectivity index (χ1) is 18.8. The number of amides is 1. The van der Waals surface area contributed by atoms with E-state index in [-0.39, 0.29) is 10.6 Å². The van der Waals surface area contributed by atoms with Gasteiger partial charge >= 0.3 is 0 Å². The number of hydrogen-bond donors (Lipinski definition) is 1. The molecule has 1 N–H and O–H groups in total. The third-order valence-corrected chi connectivity index (χ3v) is 7.94. The average Bonchev–Trinajstić information content (AvgIpc) is 3.24. The van der Waals surface area contributed by atoms with Crippen LogP contribution in [-0.4, -0.2) is 45.9 Å². The number of anilines is 1. The largest absolute Gasteiger partial charge is 0.493 e. The molecule has 0 saturated heterocycles. The van der Waals surface area contributed by atoms with E-state index in [1.54, 1.807) is 36.5 Å². The van der Waals surface area contributed by atoms with E-state index in [2.05, 4.69) is 15.1 Å². The van der Waals surface area contributed by atoms with Crippen LogP contribution in [0.15, 0.2) is 94.9 Å². The van der Waals surface area contributed by atoms with Crippen LogP contribution in [0.4, 0.5) is 5.69 Å². The number of para-hydroxylation sites is 1. The predicted molar refractivity (Wildman–Crippen MR) is 151 cm³/mol. The average molecular weight is 547 g/mol. The Labute approximate surface area is 228 Å². The molecule has 0 aliphatic carbocycles. The van der Waals surface area contributed by atoms with E-state index in [1.807, 2.05) is 50.2 Å². The van der Waals surface area contributed by atoms with E-state index in [1.165, 1.54) is 32.4 Å². The van der Waals surface area contributed by atoms with Crippen molar-refractivity contribution in [3.8, 4) is 17.2 Å². The van der Waals surface area contributed by atoms with Crippen molar-refractivity contribution < 1.29 is 22.7 Å². The quantitative estimate of drug-likeness (QED) is 0.234. The number of ether oxygens (including phenoxy) is 2. The molecule has 1 heterocycles. The Hall–Kier alpha value is -4.57. The first kappa shape index (κ1) is 27.5. The summed E-state index contributed by atoms with van der Waals surface area (Å²) < 4.78 is 40.9. The minimum absolute atomic E-state index is 0.0458. The van der Waals surface area contributed by atoms with E-state index in [4.69, 9.17) is 9.47 Å². The van der Waals surface area contributed by atoms with E-state index in [9.17, 15) is 13.2 Å². The van der Waals surface area contributed by atoms with E-state index >= 15 is 0 Å². The van der Waals surface area contributed by atoms with Gasteiger partial charge in [-0.1, -0.05) is 36.4 Å². The SMILES string of the molecule is COc1ccc(N(CC(=O)N/N=C\c2cc(C)n(-c3ccccc3)c2C)S(=O)(=O)c2ccccc2)cc1OC. The Kier molecular flexibility index (Phi) is 8.36. The summed E-state index contributed by atoms with van der Waals surface area (Å²) in [7, 11) is -1.15. The lowest BCUT2D eigenvalue weighted by Gasteiger charge is -2.24. The van der Waals surface area contributed by atoms with Gasteiger partial charge in [-0.05, 0) is 56.3 Å². The van der Waals surface area contributed by atoms with Gasteiger partial charge in [0.25, 0.3) is 15.9 Å². The Morgan fingerprint density at radius 3 is 2.21 bits per heavy atom. The van der Waals surface area contributed by atoms with Crippen molar-refractivity contribution in [3.05, 3.63) is 102 Å². The van der Waals surface area contributed by atoms with Crippen LogP contribution in [0.25, 0.3) is 5.69 Å². The number of benzene rings is 3. The lowest BCUT2D eigenvalue weighted by molar-refractivity contribution is -0.119. The maximum atomic E-state index is 13.6. The molecule has 9 nitrogen and oxygen atoms in total. The summed E-state index contributed by atoms with van der Waals surface area (Å²) in [6.07, 6.45) is 1.55. The summed E-state index contributed by atoms with van der Waals surface area (Å²) >= 11 is 0. The molecule has 0 saturated carbocycles. The second kappa shape index (κ2) is 11.9. The minimum atomic E-state index is -4.09. The molecule has 0 atom stereocenters. The number of hydrazone groups is 1. The van der Waals surface area contributed by atoms with E-state index < -0.39 is 22.5 Å². The molecule has 1 amide bonds. The number of carbonyl (C=O) groups excluding carboxylic acids is 1. The van der Waals surface area contributed by atoms with Crippen LogP contribution in [0.5, 0.6) is 11.5 Å². The minimum Gasteiger partial charge on any atom is -0.493 e. The van der Waals surface area contributed by atoms with Gasteiger partial charge in [0.05, 0.1) is 31.0 Å². The van der Waals surface area contributed by atoms with Crippen LogP contribution < -0.4 is 19.2 Å². The first-order valence-corrected chi connectivity index (χ1v) is 13.6. The highest BCUT2D eigenvalue weighted by molar-refractivity contribution is 7.92. The van der Waals surface area contributed by atoms with Crippen molar-refractivity contribution >= 4 is 27.8 Å². The molecule has 0 unspecified atom stereocenters. The summed E-state index contributed by atoms with van der Waals surface area (Å²) in [5, 5.41) is 4.11. The fourth-order valence-electron chi connectivity index (χ4n) is 4.25. The molecule has 4 aromatic rings. The number of rotatable bonds is 10. The Bertz CT molecular complexity index is 1580. The third kappa shape index (κ3) is 5.96. The van der Waals surface area contributed by atoms with Gasteiger partial charge in [0.2, 0.25) is 0 Å². The zero-order valence-corrected chi connectivity index (χ0v) is 23.0. The monoisotopic (exact) mass is 546 g/mol. The Morgan fingerprint density at radius 2 is 1.56 bits per heavy atom. The smallest absolute Gasteiger partial charge is 0.264 e. The number of methoxy groups -OCH3 is 2. The third-order valence-electron chi connectivity index (χ3n) is 6.15. The van der Waals surface area contributed by atoms with Crippen molar-refractivity contribution in [2.45, 2.75) is 18.7 Å². The van der Waals surface area contributed by atoms with Gasteiger partial charge in [-0.2, -0.15) is 5.10 Å². The molecule has 0 aliphatic rings. The van der Waals surface area contributed by atoms with Crippen molar-refractivity contribution in [3.63, 3.8) is 0 Å². The van der Waals surface area contributed by atoms with Crippen molar-refractivity contribution in [1.29, 1.82) is 0 Å². The molecule has 1 aromatic heterocycles. The zero-order chi connectivity index (χ0) is 28.0. The van der Waals surface area contributed by atoms with Crippen LogP contribution >= 0.6 is 0 Å². The lowest BCUT2D eigenvalue weighted by Crippen LogP contribution is -2.39. The summed E-state index contributed by atoms with van der Waals surface area (Å²) in [5.41, 5.74) is 6.51. The molecule has 3 aromatic carbocycles. The Balaban J connectivity index is 1.58. The lowest BCUT2D eigenvalue weighted by atomic mass is 10.2. The second-order valence-corrected chi connectivity index (χ2v) is 10.5. The number of nitrogens with zero attached hydrogens (tertiary/aromatic N) is 3. The molecule has 0 aliphatic heterocycles. The molecule has 10 heteroatoms. The van der Waals surface area contributed by atoms with Crippen LogP contribution in [0.2, 0.25) is 0 Å². The number of carbonyl (C=O) groups is 1. The van der Waals surface area contributed by atoms with Gasteiger partial charge in [-0.25, -0.2) is 13.8 Å². The fourth-order valence-corrected chi connectivity index (χ4v) is 5.68. The number of aryl methyl sites for hydroxylation is 1. The molecule has 0 bridgehead atoms. The van der Waals surface area contributed by atoms with Crippen molar-refractivity contribution in [2.75, 3.05) is 25.1 Å². The highest BCUT2D eigenvalue weighted by Gasteiger charge is 2.28. The molecule has 202 valence electrons. The van der Waals surface area contributed by atoms with Crippen molar-refractivity contribution in [1.82, 2.24) is 9.99 Å². The zero-order valence-electron chi connectivity index (χ0n) is 22.2. The number of sulfonamides is 1. The summed E-state index contributed by atoms with van der Waals surface area (Å²) in [6, 6.07) is 24.4.